The number of amides is 3. The molecule has 7 nitrogen and oxygen atoms in total. The molecular weight excluding hydrogens is 358 g/mol. The van der Waals surface area contributed by atoms with E-state index in [-0.39, 0.29) is 17.0 Å². The first-order chi connectivity index (χ1) is 12.8. The second-order valence-electron chi connectivity index (χ2n) is 6.07. The highest BCUT2D eigenvalue weighted by Crippen LogP contribution is 2.32. The van der Waals surface area contributed by atoms with Gasteiger partial charge in [0.1, 0.15) is 17.4 Å². The molecule has 3 rings (SSSR count). The van der Waals surface area contributed by atoms with Crippen LogP contribution in [0.3, 0.4) is 0 Å². The Bertz CT molecular complexity index is 938. The minimum absolute atomic E-state index is 0.0127. The summed E-state index contributed by atoms with van der Waals surface area (Å²) in [6.45, 7) is 5.33. The number of halogens is 2. The zero-order valence-electron chi connectivity index (χ0n) is 15.0. The first-order valence-corrected chi connectivity index (χ1v) is 8.30. The molecule has 142 valence electrons. The maximum Gasteiger partial charge on any atom is 0.322 e. The zero-order valence-corrected chi connectivity index (χ0v) is 15.0. The van der Waals surface area contributed by atoms with Gasteiger partial charge in [0.05, 0.1) is 11.6 Å². The van der Waals surface area contributed by atoms with Crippen molar-refractivity contribution in [3.05, 3.63) is 58.5 Å². The lowest BCUT2D eigenvalue weighted by atomic mass is 9.93. The number of nitrogens with one attached hydrogen (secondary N) is 2. The van der Waals surface area contributed by atoms with Crippen molar-refractivity contribution in [2.24, 2.45) is 0 Å². The monoisotopic (exact) mass is 376 g/mol. The van der Waals surface area contributed by atoms with E-state index in [9.17, 15) is 18.4 Å². The van der Waals surface area contributed by atoms with E-state index in [1.165, 1.54) is 17.0 Å². The Labute approximate surface area is 154 Å². The van der Waals surface area contributed by atoms with Gasteiger partial charge < -0.3 is 15.2 Å². The van der Waals surface area contributed by atoms with Gasteiger partial charge in [-0.2, -0.15) is 0 Å². The molecule has 0 spiro atoms. The number of carbonyl (C=O) groups is 2. The number of hydrogen-bond acceptors (Lipinski definition) is 4. The highest BCUT2D eigenvalue weighted by molar-refractivity contribution is 6.06. The predicted octanol–water partition coefficient (Wildman–Crippen LogP) is 3.26. The minimum atomic E-state index is -1.08. The van der Waals surface area contributed by atoms with Crippen LogP contribution in [-0.4, -0.2) is 28.5 Å². The number of urea groups is 1. The molecule has 1 atom stereocenters. The number of rotatable bonds is 4. The highest BCUT2D eigenvalue weighted by Gasteiger charge is 2.36. The van der Waals surface area contributed by atoms with Gasteiger partial charge in [-0.25, -0.2) is 13.6 Å². The summed E-state index contributed by atoms with van der Waals surface area (Å²) in [6, 6.07) is 2.96. The van der Waals surface area contributed by atoms with Crippen molar-refractivity contribution in [2.45, 2.75) is 26.8 Å². The smallest absolute Gasteiger partial charge is 0.322 e. The normalized spacial score (nSPS) is 17.1. The molecule has 27 heavy (non-hydrogen) atoms. The van der Waals surface area contributed by atoms with Crippen molar-refractivity contribution in [3.8, 4) is 0 Å². The van der Waals surface area contributed by atoms with E-state index in [4.69, 9.17) is 4.52 Å². The van der Waals surface area contributed by atoms with Gasteiger partial charge in [0.25, 0.3) is 5.91 Å². The molecule has 0 saturated carbocycles. The standard InChI is InChI=1S/C18H18F2N4O3/c1-4-24-10(3)15(17(25)21-14-7-9(2)27-23-14)16(22-18(24)26)12-6-5-11(19)8-13(12)20/h5-8,16H,4H2,1-3H3,(H,22,26)(H,21,23,25)/t16-/m1/s1. The Balaban J connectivity index is 2.05. The number of allylic oxidation sites excluding steroid dienone is 1. The van der Waals surface area contributed by atoms with E-state index >= 15 is 0 Å². The minimum Gasteiger partial charge on any atom is -0.360 e. The summed E-state index contributed by atoms with van der Waals surface area (Å²) < 4.78 is 32.6. The molecule has 2 heterocycles. The molecule has 9 heteroatoms. The Morgan fingerprint density at radius 1 is 1.33 bits per heavy atom. The number of anilines is 1. The molecule has 1 aliphatic heterocycles. The van der Waals surface area contributed by atoms with Crippen LogP contribution < -0.4 is 10.6 Å². The average Bonchev–Trinajstić information content (AvgIpc) is 2.99. The summed E-state index contributed by atoms with van der Waals surface area (Å²) in [5.41, 5.74) is 0.483. The maximum atomic E-state index is 14.3. The van der Waals surface area contributed by atoms with Gasteiger partial charge in [0, 0.05) is 29.9 Å². The summed E-state index contributed by atoms with van der Waals surface area (Å²) in [6.07, 6.45) is 0. The van der Waals surface area contributed by atoms with Crippen molar-refractivity contribution in [1.29, 1.82) is 0 Å². The van der Waals surface area contributed by atoms with Crippen LogP contribution in [0.5, 0.6) is 0 Å². The second kappa shape index (κ2) is 7.18. The highest BCUT2D eigenvalue weighted by atomic mass is 19.1. The maximum absolute atomic E-state index is 14.3. The molecule has 1 aromatic heterocycles. The lowest BCUT2D eigenvalue weighted by Crippen LogP contribution is -2.48. The Kier molecular flexibility index (Phi) is 4.93. The van der Waals surface area contributed by atoms with E-state index in [0.717, 1.165) is 6.07 Å². The van der Waals surface area contributed by atoms with Crippen molar-refractivity contribution >= 4 is 17.8 Å². The molecule has 2 aromatic rings. The van der Waals surface area contributed by atoms with Crippen LogP contribution in [0.4, 0.5) is 19.4 Å². The topological polar surface area (TPSA) is 87.5 Å². The van der Waals surface area contributed by atoms with Crippen molar-refractivity contribution < 1.29 is 22.9 Å². The fourth-order valence-electron chi connectivity index (χ4n) is 3.03. The third kappa shape index (κ3) is 3.53. The fourth-order valence-corrected chi connectivity index (χ4v) is 3.03. The van der Waals surface area contributed by atoms with Crippen molar-refractivity contribution in [1.82, 2.24) is 15.4 Å². The second-order valence-corrected chi connectivity index (χ2v) is 6.07. The lowest BCUT2D eigenvalue weighted by Gasteiger charge is -2.35. The van der Waals surface area contributed by atoms with Crippen LogP contribution in [0.25, 0.3) is 0 Å². The van der Waals surface area contributed by atoms with Gasteiger partial charge in [-0.1, -0.05) is 11.2 Å². The lowest BCUT2D eigenvalue weighted by molar-refractivity contribution is -0.113. The fraction of sp³-hybridized carbons (Fsp3) is 0.278. The first kappa shape index (κ1) is 18.6. The number of benzene rings is 1. The Hall–Kier alpha value is -3.23. The van der Waals surface area contributed by atoms with Gasteiger partial charge >= 0.3 is 6.03 Å². The molecular formula is C18H18F2N4O3. The van der Waals surface area contributed by atoms with Crippen LogP contribution in [0.2, 0.25) is 0 Å². The number of nitrogens with zero attached hydrogens (tertiary/aromatic N) is 2. The molecule has 0 unspecified atom stereocenters. The molecule has 0 radical (unpaired) electrons. The van der Waals surface area contributed by atoms with E-state index in [1.54, 1.807) is 20.8 Å². The van der Waals surface area contributed by atoms with Crippen LogP contribution >= 0.6 is 0 Å². The van der Waals surface area contributed by atoms with Gasteiger partial charge in [0.15, 0.2) is 5.82 Å². The van der Waals surface area contributed by atoms with Crippen molar-refractivity contribution in [2.75, 3.05) is 11.9 Å². The number of aromatic nitrogens is 1. The van der Waals surface area contributed by atoms with Gasteiger partial charge in [-0.05, 0) is 26.8 Å². The van der Waals surface area contributed by atoms with Gasteiger partial charge in [0.2, 0.25) is 0 Å². The SMILES string of the molecule is CCN1C(=O)N[C@H](c2ccc(F)cc2F)C(C(=O)Nc2cc(C)on2)=C1C. The summed E-state index contributed by atoms with van der Waals surface area (Å²) in [5.74, 6) is -1.49. The van der Waals surface area contributed by atoms with E-state index in [0.29, 0.717) is 24.1 Å². The average molecular weight is 376 g/mol. The Morgan fingerprint density at radius 3 is 2.67 bits per heavy atom. The number of hydrogen-bond donors (Lipinski definition) is 2. The quantitative estimate of drug-likeness (QED) is 0.857. The van der Waals surface area contributed by atoms with Crippen molar-refractivity contribution in [3.63, 3.8) is 0 Å². The summed E-state index contributed by atoms with van der Waals surface area (Å²) in [7, 11) is 0. The van der Waals surface area contributed by atoms with Crippen LogP contribution in [0.1, 0.15) is 31.2 Å². The van der Waals surface area contributed by atoms with Crippen LogP contribution in [0, 0.1) is 18.6 Å². The van der Waals surface area contributed by atoms with Gasteiger partial charge in [-0.15, -0.1) is 0 Å². The third-order valence-corrected chi connectivity index (χ3v) is 4.30. The molecule has 0 bridgehead atoms. The number of aryl methyl sites for hydroxylation is 1. The largest absolute Gasteiger partial charge is 0.360 e. The summed E-state index contributed by atoms with van der Waals surface area (Å²) in [4.78, 5) is 26.6. The zero-order chi connectivity index (χ0) is 19.7. The molecule has 0 fully saturated rings. The van der Waals surface area contributed by atoms with Crippen LogP contribution in [-0.2, 0) is 4.79 Å². The van der Waals surface area contributed by atoms with Gasteiger partial charge in [-0.3, -0.25) is 9.69 Å². The van der Waals surface area contributed by atoms with E-state index in [1.807, 2.05) is 0 Å². The van der Waals surface area contributed by atoms with E-state index in [2.05, 4.69) is 15.8 Å². The molecule has 0 saturated heterocycles. The number of carbonyl (C=O) groups excluding carboxylic acids is 2. The molecule has 0 aliphatic carbocycles. The Morgan fingerprint density at radius 2 is 2.07 bits per heavy atom. The molecule has 1 aliphatic rings. The predicted molar refractivity (Wildman–Crippen MR) is 92.6 cm³/mol. The molecule has 3 amide bonds. The first-order valence-electron chi connectivity index (χ1n) is 8.30. The molecule has 1 aromatic carbocycles. The third-order valence-electron chi connectivity index (χ3n) is 4.30. The van der Waals surface area contributed by atoms with E-state index < -0.39 is 29.6 Å². The molecule has 2 N–H and O–H groups in total. The summed E-state index contributed by atoms with van der Waals surface area (Å²) in [5, 5.41) is 8.89. The van der Waals surface area contributed by atoms with Crippen LogP contribution in [0.15, 0.2) is 40.1 Å². The summed E-state index contributed by atoms with van der Waals surface area (Å²) >= 11 is 0.